The third-order valence-electron chi connectivity index (χ3n) is 5.93. The first-order chi connectivity index (χ1) is 17.6. The van der Waals surface area contributed by atoms with Gasteiger partial charge in [0, 0.05) is 30.4 Å². The number of anilines is 3. The zero-order valence-corrected chi connectivity index (χ0v) is 20.3. The molecule has 3 heterocycles. The predicted octanol–water partition coefficient (Wildman–Crippen LogP) is 5.09. The number of nitrogens with zero attached hydrogens (tertiary/aromatic N) is 8. The van der Waals surface area contributed by atoms with E-state index in [0.717, 1.165) is 28.9 Å². The number of nitrogens with one attached hydrogen (secondary N) is 1. The fourth-order valence-electron chi connectivity index (χ4n) is 4.08. The average molecular weight is 476 g/mol. The molecular formula is C27H25N9. The number of aromatic nitrogens is 6. The maximum absolute atomic E-state index is 9.28. The van der Waals surface area contributed by atoms with Crippen molar-refractivity contribution in [3.05, 3.63) is 89.9 Å². The molecule has 0 saturated carbocycles. The zero-order chi connectivity index (χ0) is 25.1. The second-order valence-electron chi connectivity index (χ2n) is 8.43. The Bertz CT molecular complexity index is 1550. The van der Waals surface area contributed by atoms with Gasteiger partial charge >= 0.3 is 0 Å². The third kappa shape index (κ3) is 4.57. The summed E-state index contributed by atoms with van der Waals surface area (Å²) in [6.45, 7) is 4.01. The van der Waals surface area contributed by atoms with Crippen molar-refractivity contribution in [1.29, 1.82) is 5.26 Å². The van der Waals surface area contributed by atoms with E-state index in [9.17, 15) is 5.26 Å². The molecule has 2 aromatic carbocycles. The van der Waals surface area contributed by atoms with Crippen molar-refractivity contribution in [3.8, 4) is 17.3 Å². The Morgan fingerprint density at radius 1 is 1.03 bits per heavy atom. The van der Waals surface area contributed by atoms with E-state index in [1.807, 2.05) is 79.5 Å². The molecule has 178 valence electrons. The van der Waals surface area contributed by atoms with Gasteiger partial charge in [0.05, 0.1) is 23.4 Å². The van der Waals surface area contributed by atoms with E-state index in [1.54, 1.807) is 10.6 Å². The highest BCUT2D eigenvalue weighted by atomic mass is 15.4. The van der Waals surface area contributed by atoms with E-state index in [4.69, 9.17) is 9.97 Å². The van der Waals surface area contributed by atoms with Gasteiger partial charge < -0.3 is 5.32 Å². The molecule has 0 saturated heterocycles. The van der Waals surface area contributed by atoms with Crippen molar-refractivity contribution in [3.63, 3.8) is 0 Å². The Labute approximate surface area is 209 Å². The van der Waals surface area contributed by atoms with Crippen molar-refractivity contribution < 1.29 is 0 Å². The number of nitriles is 1. The van der Waals surface area contributed by atoms with E-state index < -0.39 is 0 Å². The molecule has 36 heavy (non-hydrogen) atoms. The molecule has 9 nitrogen and oxygen atoms in total. The molecule has 0 aliphatic heterocycles. The number of rotatable bonds is 7. The second-order valence-corrected chi connectivity index (χ2v) is 8.43. The second kappa shape index (κ2) is 9.80. The van der Waals surface area contributed by atoms with Crippen LogP contribution in [0.15, 0.2) is 73.1 Å². The smallest absolute Gasteiger partial charge is 0.234 e. The number of fused-ring (bicyclic) bond motifs is 1. The number of benzene rings is 2. The van der Waals surface area contributed by atoms with Crippen LogP contribution in [0.5, 0.6) is 0 Å². The molecule has 1 atom stereocenters. The van der Waals surface area contributed by atoms with Crippen molar-refractivity contribution in [2.45, 2.75) is 26.3 Å². The summed E-state index contributed by atoms with van der Waals surface area (Å²) in [6.07, 6.45) is 2.32. The van der Waals surface area contributed by atoms with Gasteiger partial charge in [-0.1, -0.05) is 49.4 Å². The number of hydrogen-bond acceptors (Lipinski definition) is 8. The van der Waals surface area contributed by atoms with Gasteiger partial charge in [-0.05, 0) is 31.0 Å². The molecule has 0 spiro atoms. The van der Waals surface area contributed by atoms with Crippen molar-refractivity contribution in [2.75, 3.05) is 17.3 Å². The van der Waals surface area contributed by atoms with Crippen LogP contribution in [0.3, 0.4) is 0 Å². The summed E-state index contributed by atoms with van der Waals surface area (Å²) in [5.74, 6) is 1.75. The molecule has 0 aliphatic carbocycles. The first-order valence-corrected chi connectivity index (χ1v) is 11.7. The minimum atomic E-state index is -0.0418. The molecule has 9 heteroatoms. The highest BCUT2D eigenvalue weighted by molar-refractivity contribution is 5.67. The summed E-state index contributed by atoms with van der Waals surface area (Å²) < 4.78 is 1.69. The van der Waals surface area contributed by atoms with Crippen LogP contribution in [0.4, 0.5) is 17.7 Å². The monoisotopic (exact) mass is 475 g/mol. The quantitative estimate of drug-likeness (QED) is 0.347. The van der Waals surface area contributed by atoms with Gasteiger partial charge in [0.25, 0.3) is 0 Å². The van der Waals surface area contributed by atoms with Gasteiger partial charge in [-0.2, -0.15) is 19.9 Å². The van der Waals surface area contributed by atoms with Gasteiger partial charge in [0.15, 0.2) is 5.65 Å². The Morgan fingerprint density at radius 3 is 2.64 bits per heavy atom. The van der Waals surface area contributed by atoms with Crippen molar-refractivity contribution in [2.24, 2.45) is 0 Å². The molecule has 0 aliphatic rings. The highest BCUT2D eigenvalue weighted by Gasteiger charge is 2.18. The highest BCUT2D eigenvalue weighted by Crippen LogP contribution is 2.28. The van der Waals surface area contributed by atoms with Crippen LogP contribution in [0, 0.1) is 18.3 Å². The van der Waals surface area contributed by atoms with Gasteiger partial charge in [-0.25, -0.2) is 15.0 Å². The molecule has 0 fully saturated rings. The number of aryl methyl sites for hydroxylation is 1. The van der Waals surface area contributed by atoms with E-state index in [1.165, 1.54) is 6.33 Å². The largest absolute Gasteiger partial charge is 0.347 e. The van der Waals surface area contributed by atoms with Crippen molar-refractivity contribution >= 4 is 23.4 Å². The molecular weight excluding hydrogens is 450 g/mol. The summed E-state index contributed by atoms with van der Waals surface area (Å²) in [7, 11) is 1.90. The van der Waals surface area contributed by atoms with Gasteiger partial charge in [-0.3, -0.25) is 4.90 Å². The lowest BCUT2D eigenvalue weighted by Gasteiger charge is -2.22. The van der Waals surface area contributed by atoms with E-state index in [-0.39, 0.29) is 6.04 Å². The fourth-order valence-corrected chi connectivity index (χ4v) is 4.08. The van der Waals surface area contributed by atoms with Crippen LogP contribution in [0.2, 0.25) is 0 Å². The zero-order valence-electron chi connectivity index (χ0n) is 20.3. The Morgan fingerprint density at radius 2 is 1.86 bits per heavy atom. The number of hydrogen-bond donors (Lipinski definition) is 1. The molecule has 5 aromatic rings. The van der Waals surface area contributed by atoms with Gasteiger partial charge in [0.2, 0.25) is 11.9 Å². The van der Waals surface area contributed by atoms with E-state index >= 15 is 0 Å². The standard InChI is InChI=1S/C27H25N9/c1-4-22(21-12-8-9-19(14-21)16-28)32-26-31-18(2)13-25(34-26)35(3)27-33-23(20-10-6-5-7-11-20)15-24-29-17-30-36(24)27/h5-15,17,22H,4H2,1-3H3,(H,31,32,34). The molecule has 3 aromatic heterocycles. The first-order valence-electron chi connectivity index (χ1n) is 11.7. The minimum absolute atomic E-state index is 0.0418. The Hall–Kier alpha value is -4.84. The van der Waals surface area contributed by atoms with Crippen LogP contribution in [0.1, 0.15) is 36.2 Å². The normalized spacial score (nSPS) is 11.7. The van der Waals surface area contributed by atoms with Crippen LogP contribution in [-0.4, -0.2) is 36.6 Å². The van der Waals surface area contributed by atoms with Crippen LogP contribution in [-0.2, 0) is 0 Å². The third-order valence-corrected chi connectivity index (χ3v) is 5.93. The predicted molar refractivity (Wildman–Crippen MR) is 139 cm³/mol. The SMILES string of the molecule is CCC(Nc1nc(C)cc(N(C)c2nc(-c3ccccc3)cc3ncnn23)n1)c1cccc(C#N)c1. The lowest BCUT2D eigenvalue weighted by Crippen LogP contribution is -2.19. The van der Waals surface area contributed by atoms with Gasteiger partial charge in [0.1, 0.15) is 12.1 Å². The summed E-state index contributed by atoms with van der Waals surface area (Å²) in [5.41, 5.74) is 4.93. The summed E-state index contributed by atoms with van der Waals surface area (Å²) in [5, 5.41) is 17.1. The molecule has 0 bridgehead atoms. The molecule has 1 N–H and O–H groups in total. The molecule has 5 rings (SSSR count). The Balaban J connectivity index is 1.51. The van der Waals surface area contributed by atoms with Crippen LogP contribution >= 0.6 is 0 Å². The topological polar surface area (TPSA) is 108 Å². The fraction of sp³-hybridized carbons (Fsp3) is 0.185. The van der Waals surface area contributed by atoms with E-state index in [0.29, 0.717) is 28.9 Å². The first kappa shape index (κ1) is 22.9. The maximum Gasteiger partial charge on any atom is 0.234 e. The summed E-state index contributed by atoms with van der Waals surface area (Å²) in [4.78, 5) is 20.6. The molecule has 0 radical (unpaired) electrons. The molecule has 1 unspecified atom stereocenters. The summed E-state index contributed by atoms with van der Waals surface area (Å²) >= 11 is 0. The maximum atomic E-state index is 9.28. The van der Waals surface area contributed by atoms with Crippen LogP contribution in [0.25, 0.3) is 16.9 Å². The Kier molecular flexibility index (Phi) is 6.24. The van der Waals surface area contributed by atoms with Crippen molar-refractivity contribution in [1.82, 2.24) is 29.5 Å². The lowest BCUT2D eigenvalue weighted by atomic mass is 10.0. The minimum Gasteiger partial charge on any atom is -0.347 e. The van der Waals surface area contributed by atoms with Gasteiger partial charge in [-0.15, -0.1) is 0 Å². The summed E-state index contributed by atoms with van der Waals surface area (Å²) in [6, 6.07) is 23.5. The molecule has 0 amide bonds. The lowest BCUT2D eigenvalue weighted by molar-refractivity contribution is 0.736. The average Bonchev–Trinajstić information content (AvgIpc) is 3.40. The van der Waals surface area contributed by atoms with E-state index in [2.05, 4.69) is 33.4 Å². The van der Waals surface area contributed by atoms with Crippen LogP contribution < -0.4 is 10.2 Å².